The Balaban J connectivity index is 1.56. The zero-order chi connectivity index (χ0) is 25.5. The summed E-state index contributed by atoms with van der Waals surface area (Å²) in [5.74, 6) is 0.667. The summed E-state index contributed by atoms with van der Waals surface area (Å²) in [7, 11) is 0. The van der Waals surface area contributed by atoms with Crippen molar-refractivity contribution in [3.05, 3.63) is 99.9 Å². The van der Waals surface area contributed by atoms with E-state index in [0.29, 0.717) is 28.7 Å². The van der Waals surface area contributed by atoms with Crippen LogP contribution >= 0.6 is 11.6 Å². The van der Waals surface area contributed by atoms with Gasteiger partial charge in [-0.3, -0.25) is 4.79 Å². The summed E-state index contributed by atoms with van der Waals surface area (Å²) in [5, 5.41) is 10.4. The molecule has 2 N–H and O–H groups in total. The summed E-state index contributed by atoms with van der Waals surface area (Å²) >= 11 is 5.91. The number of carbonyl (C=O) groups excluding carboxylic acids is 1. The Bertz CT molecular complexity index is 1310. The topological polar surface area (TPSA) is 94.6 Å². The van der Waals surface area contributed by atoms with Gasteiger partial charge in [0.15, 0.2) is 0 Å². The Hall–Kier alpha value is -3.95. The van der Waals surface area contributed by atoms with Crippen LogP contribution in [0.3, 0.4) is 0 Å². The van der Waals surface area contributed by atoms with Crippen LogP contribution in [-0.4, -0.2) is 12.6 Å². The van der Waals surface area contributed by atoms with Crippen molar-refractivity contribution in [3.8, 4) is 23.3 Å². The molecule has 0 spiro atoms. The molecule has 6 nitrogen and oxygen atoms in total. The number of nitrogens with zero attached hydrogens (tertiary/aromatic N) is 1. The number of ether oxygens (including phenoxy) is 3. The first-order valence-electron chi connectivity index (χ1n) is 11.9. The highest BCUT2D eigenvalue weighted by molar-refractivity contribution is 6.30. The lowest BCUT2D eigenvalue weighted by Crippen LogP contribution is -2.21. The highest BCUT2D eigenvalue weighted by Gasteiger charge is 2.31. The molecule has 0 radical (unpaired) electrons. The molecule has 1 aliphatic heterocycles. The molecule has 1 atom stereocenters. The lowest BCUT2D eigenvalue weighted by molar-refractivity contribution is -0.133. The van der Waals surface area contributed by atoms with E-state index < -0.39 is 11.9 Å². The van der Waals surface area contributed by atoms with Crippen LogP contribution in [0.4, 0.5) is 0 Å². The summed E-state index contributed by atoms with van der Waals surface area (Å²) in [4.78, 5) is 12.5. The van der Waals surface area contributed by atoms with E-state index in [1.165, 1.54) is 0 Å². The van der Waals surface area contributed by atoms with E-state index in [-0.39, 0.29) is 12.3 Å². The molecule has 1 unspecified atom stereocenters. The van der Waals surface area contributed by atoms with Gasteiger partial charge in [-0.25, -0.2) is 0 Å². The Morgan fingerprint density at radius 3 is 2.64 bits per heavy atom. The fraction of sp³-hybridized carbons (Fsp3) is 0.241. The summed E-state index contributed by atoms with van der Waals surface area (Å²) in [5.41, 5.74) is 8.86. The number of unbranched alkanes of at least 4 members (excludes halogenated alkanes) is 2. The highest BCUT2D eigenvalue weighted by atomic mass is 35.5. The Kier molecular flexibility index (Phi) is 8.14. The van der Waals surface area contributed by atoms with E-state index >= 15 is 0 Å². The molecule has 1 heterocycles. The molecule has 0 aromatic heterocycles. The molecular weight excluding hydrogens is 476 g/mol. The number of nitrogens with two attached hydrogens (primary N) is 1. The van der Waals surface area contributed by atoms with Gasteiger partial charge in [-0.2, -0.15) is 5.26 Å². The number of benzene rings is 3. The van der Waals surface area contributed by atoms with Gasteiger partial charge >= 0.3 is 5.97 Å². The predicted octanol–water partition coefficient (Wildman–Crippen LogP) is 6.28. The monoisotopic (exact) mass is 502 g/mol. The van der Waals surface area contributed by atoms with Gasteiger partial charge in [0.1, 0.15) is 28.9 Å². The van der Waals surface area contributed by atoms with Gasteiger partial charge in [0, 0.05) is 16.7 Å². The number of nitriles is 1. The third-order valence-corrected chi connectivity index (χ3v) is 6.14. The van der Waals surface area contributed by atoms with E-state index in [2.05, 4.69) is 13.0 Å². The maximum atomic E-state index is 12.5. The van der Waals surface area contributed by atoms with Crippen LogP contribution in [0, 0.1) is 11.3 Å². The van der Waals surface area contributed by atoms with Crippen molar-refractivity contribution >= 4 is 17.6 Å². The van der Waals surface area contributed by atoms with Crippen molar-refractivity contribution in [3.63, 3.8) is 0 Å². The van der Waals surface area contributed by atoms with Gasteiger partial charge in [0.05, 0.1) is 18.9 Å². The van der Waals surface area contributed by atoms with Crippen LogP contribution in [0.1, 0.15) is 48.8 Å². The maximum absolute atomic E-state index is 12.5. The fourth-order valence-electron chi connectivity index (χ4n) is 4.10. The zero-order valence-corrected chi connectivity index (χ0v) is 20.8. The molecule has 0 bridgehead atoms. The van der Waals surface area contributed by atoms with E-state index in [1.54, 1.807) is 42.5 Å². The summed E-state index contributed by atoms with van der Waals surface area (Å²) in [6.07, 6.45) is 3.31. The van der Waals surface area contributed by atoms with E-state index in [1.807, 2.05) is 24.3 Å². The predicted molar refractivity (Wildman–Crippen MR) is 138 cm³/mol. The van der Waals surface area contributed by atoms with Gasteiger partial charge in [0.2, 0.25) is 5.88 Å². The first kappa shape index (κ1) is 25.2. The number of esters is 1. The molecule has 7 heteroatoms. The van der Waals surface area contributed by atoms with Crippen molar-refractivity contribution in [2.75, 3.05) is 6.61 Å². The summed E-state index contributed by atoms with van der Waals surface area (Å²) in [6.45, 7) is 2.78. The van der Waals surface area contributed by atoms with Crippen LogP contribution in [0.2, 0.25) is 5.02 Å². The molecule has 0 fully saturated rings. The molecule has 0 saturated carbocycles. The van der Waals surface area contributed by atoms with E-state index in [0.717, 1.165) is 41.7 Å². The van der Waals surface area contributed by atoms with Crippen LogP contribution in [0.5, 0.6) is 17.2 Å². The molecule has 1 aliphatic rings. The normalized spacial score (nSPS) is 14.4. The molecule has 3 aromatic carbocycles. The van der Waals surface area contributed by atoms with Gasteiger partial charge in [-0.1, -0.05) is 61.7 Å². The van der Waals surface area contributed by atoms with Crippen molar-refractivity contribution in [1.29, 1.82) is 5.26 Å². The minimum absolute atomic E-state index is 0.0221. The third-order valence-electron chi connectivity index (χ3n) is 5.89. The third kappa shape index (κ3) is 5.99. The molecule has 0 amide bonds. The van der Waals surface area contributed by atoms with Gasteiger partial charge in [-0.15, -0.1) is 0 Å². The van der Waals surface area contributed by atoms with Crippen molar-refractivity contribution in [1.82, 2.24) is 0 Å². The molecule has 36 heavy (non-hydrogen) atoms. The lowest BCUT2D eigenvalue weighted by atomic mass is 9.83. The first-order chi connectivity index (χ1) is 17.5. The largest absolute Gasteiger partial charge is 0.494 e. The number of hydrogen-bond donors (Lipinski definition) is 1. The fourth-order valence-corrected chi connectivity index (χ4v) is 4.23. The van der Waals surface area contributed by atoms with Crippen LogP contribution in [0.15, 0.2) is 78.2 Å². The quantitative estimate of drug-likeness (QED) is 0.210. The average Bonchev–Trinajstić information content (AvgIpc) is 2.87. The van der Waals surface area contributed by atoms with E-state index in [4.69, 9.17) is 31.5 Å². The second-order valence-corrected chi connectivity index (χ2v) is 8.97. The number of fused-ring (bicyclic) bond motifs is 1. The molecule has 3 aromatic rings. The Labute approximate surface area is 215 Å². The van der Waals surface area contributed by atoms with Gasteiger partial charge in [0.25, 0.3) is 0 Å². The van der Waals surface area contributed by atoms with Crippen LogP contribution < -0.4 is 19.9 Å². The minimum Gasteiger partial charge on any atom is -0.494 e. The zero-order valence-electron chi connectivity index (χ0n) is 20.0. The second kappa shape index (κ2) is 11.7. The van der Waals surface area contributed by atoms with Crippen LogP contribution in [0.25, 0.3) is 0 Å². The number of carbonyl (C=O) groups is 1. The van der Waals surface area contributed by atoms with Gasteiger partial charge < -0.3 is 19.9 Å². The van der Waals surface area contributed by atoms with Crippen LogP contribution in [-0.2, 0) is 11.2 Å². The summed E-state index contributed by atoms with van der Waals surface area (Å²) < 4.78 is 17.2. The minimum atomic E-state index is -0.434. The first-order valence-corrected chi connectivity index (χ1v) is 12.3. The summed E-state index contributed by atoms with van der Waals surface area (Å²) in [6, 6.07) is 22.0. The van der Waals surface area contributed by atoms with Crippen molar-refractivity contribution < 1.29 is 19.0 Å². The number of allylic oxidation sites excluding steroid dienone is 1. The van der Waals surface area contributed by atoms with Crippen molar-refractivity contribution in [2.45, 2.75) is 38.5 Å². The van der Waals surface area contributed by atoms with E-state index in [9.17, 15) is 10.1 Å². The number of hydrogen-bond acceptors (Lipinski definition) is 6. The molecule has 184 valence electrons. The highest BCUT2D eigenvalue weighted by Crippen LogP contribution is 2.44. The molecule has 0 aliphatic carbocycles. The number of rotatable bonds is 9. The second-order valence-electron chi connectivity index (χ2n) is 8.53. The maximum Gasteiger partial charge on any atom is 0.315 e. The molecule has 0 saturated heterocycles. The lowest BCUT2D eigenvalue weighted by Gasteiger charge is -2.27. The number of halogens is 1. The Morgan fingerprint density at radius 1 is 1.08 bits per heavy atom. The Morgan fingerprint density at radius 2 is 1.89 bits per heavy atom. The standard InChI is InChI=1S/C29H27ClN2O4/c1-2-3-4-14-34-22-7-5-6-20(16-22)28-24-13-12-23(17-26(24)36-29(32)25(28)18-31)35-27(33)15-19-8-10-21(30)11-9-19/h5-13,16-17,28H,2-4,14-15,32H2,1H3. The van der Waals surface area contributed by atoms with Gasteiger partial charge in [-0.05, 0) is 47.9 Å². The molecule has 4 rings (SSSR count). The average molecular weight is 503 g/mol. The molecular formula is C29H27ClN2O4. The SMILES string of the molecule is CCCCCOc1cccc(C2C(C#N)=C(N)Oc3cc(OC(=O)Cc4ccc(Cl)cc4)ccc32)c1. The van der Waals surface area contributed by atoms with Crippen molar-refractivity contribution in [2.24, 2.45) is 5.73 Å². The smallest absolute Gasteiger partial charge is 0.315 e.